The van der Waals surface area contributed by atoms with Gasteiger partial charge in [-0.15, -0.1) is 0 Å². The van der Waals surface area contributed by atoms with Crippen molar-refractivity contribution in [3.8, 4) is 0 Å². The molecular formula is C33H35N3O2. The topological polar surface area (TPSA) is 71.1 Å². The standard InChI is InChI=1S/C33H35N3O2/c1-25(22-31-17-5-6-20-34-31)36-33(38)30-16-8-13-28(24-30)19-18-27-12-7-15-29(23-27)32(37)35-21-9-14-26-10-3-2-4-11-26/h2-8,10-13,15-17,20,23-25H,9,14,18-19,21-22H2,1H3,(H,35,37)(H,36,38). The monoisotopic (exact) mass is 505 g/mol. The largest absolute Gasteiger partial charge is 0.352 e. The molecular weight excluding hydrogens is 470 g/mol. The molecule has 0 saturated heterocycles. The average Bonchev–Trinajstić information content (AvgIpc) is 2.95. The Morgan fingerprint density at radius 3 is 2.00 bits per heavy atom. The minimum absolute atomic E-state index is 0.0201. The van der Waals surface area contributed by atoms with Gasteiger partial charge in [-0.1, -0.05) is 60.7 Å². The van der Waals surface area contributed by atoms with Gasteiger partial charge in [-0.3, -0.25) is 14.6 Å². The van der Waals surface area contributed by atoms with E-state index in [4.69, 9.17) is 0 Å². The van der Waals surface area contributed by atoms with Crippen molar-refractivity contribution in [1.82, 2.24) is 15.6 Å². The molecule has 0 fully saturated rings. The predicted octanol–water partition coefficient (Wildman–Crippen LogP) is 5.59. The Bertz CT molecular complexity index is 1320. The van der Waals surface area contributed by atoms with Gasteiger partial charge in [0.25, 0.3) is 11.8 Å². The van der Waals surface area contributed by atoms with E-state index in [1.165, 1.54) is 5.56 Å². The van der Waals surface area contributed by atoms with E-state index in [0.29, 0.717) is 24.1 Å². The number of nitrogens with one attached hydrogen (secondary N) is 2. The van der Waals surface area contributed by atoms with Crippen LogP contribution in [0.3, 0.4) is 0 Å². The molecule has 2 amide bonds. The number of rotatable bonds is 12. The number of aryl methyl sites for hydroxylation is 3. The van der Waals surface area contributed by atoms with Gasteiger partial charge < -0.3 is 10.6 Å². The highest BCUT2D eigenvalue weighted by Crippen LogP contribution is 2.13. The van der Waals surface area contributed by atoms with E-state index >= 15 is 0 Å². The van der Waals surface area contributed by atoms with Crippen molar-refractivity contribution >= 4 is 11.8 Å². The first-order valence-corrected chi connectivity index (χ1v) is 13.3. The van der Waals surface area contributed by atoms with Crippen LogP contribution in [0.1, 0.15) is 56.4 Å². The third-order valence-corrected chi connectivity index (χ3v) is 6.47. The van der Waals surface area contributed by atoms with Crippen LogP contribution in [0.25, 0.3) is 0 Å². The summed E-state index contributed by atoms with van der Waals surface area (Å²) in [7, 11) is 0. The second kappa shape index (κ2) is 13.9. The summed E-state index contributed by atoms with van der Waals surface area (Å²) < 4.78 is 0. The lowest BCUT2D eigenvalue weighted by atomic mass is 10.0. The Hall–Kier alpha value is -4.25. The van der Waals surface area contributed by atoms with E-state index in [2.05, 4.69) is 27.8 Å². The summed E-state index contributed by atoms with van der Waals surface area (Å²) in [5.41, 5.74) is 5.75. The molecule has 1 aromatic heterocycles. The third-order valence-electron chi connectivity index (χ3n) is 6.47. The van der Waals surface area contributed by atoms with Crippen molar-refractivity contribution in [2.24, 2.45) is 0 Å². The Morgan fingerprint density at radius 1 is 0.711 bits per heavy atom. The molecule has 0 saturated carbocycles. The molecule has 4 aromatic rings. The molecule has 0 bridgehead atoms. The van der Waals surface area contributed by atoms with E-state index in [9.17, 15) is 9.59 Å². The molecule has 5 heteroatoms. The first kappa shape index (κ1) is 26.8. The highest BCUT2D eigenvalue weighted by Gasteiger charge is 2.12. The summed E-state index contributed by atoms with van der Waals surface area (Å²) in [6, 6.07) is 31.6. The molecule has 5 nitrogen and oxygen atoms in total. The van der Waals surface area contributed by atoms with Crippen LogP contribution in [0, 0.1) is 0 Å². The fraction of sp³-hybridized carbons (Fsp3) is 0.242. The lowest BCUT2D eigenvalue weighted by Crippen LogP contribution is -2.34. The van der Waals surface area contributed by atoms with Gasteiger partial charge in [0.1, 0.15) is 0 Å². The van der Waals surface area contributed by atoms with Gasteiger partial charge in [0.05, 0.1) is 0 Å². The highest BCUT2D eigenvalue weighted by atomic mass is 16.2. The van der Waals surface area contributed by atoms with Gasteiger partial charge in [0, 0.05) is 42.0 Å². The summed E-state index contributed by atoms with van der Waals surface area (Å²) in [5, 5.41) is 6.11. The lowest BCUT2D eigenvalue weighted by molar-refractivity contribution is 0.0935. The SMILES string of the molecule is CC(Cc1ccccn1)NC(=O)c1cccc(CCc2cccc(C(=O)NCCCc3ccccc3)c2)c1. The Balaban J connectivity index is 1.25. The van der Waals surface area contributed by atoms with E-state index in [1.807, 2.05) is 91.9 Å². The molecule has 0 aliphatic rings. The zero-order valence-corrected chi connectivity index (χ0v) is 21.9. The summed E-state index contributed by atoms with van der Waals surface area (Å²) in [4.78, 5) is 29.8. The first-order chi connectivity index (χ1) is 18.6. The minimum Gasteiger partial charge on any atom is -0.352 e. The molecule has 1 unspecified atom stereocenters. The number of benzene rings is 3. The van der Waals surface area contributed by atoms with Crippen LogP contribution < -0.4 is 10.6 Å². The van der Waals surface area contributed by atoms with Gasteiger partial charge >= 0.3 is 0 Å². The Kier molecular flexibility index (Phi) is 9.80. The van der Waals surface area contributed by atoms with E-state index in [-0.39, 0.29) is 17.9 Å². The van der Waals surface area contributed by atoms with E-state index in [1.54, 1.807) is 6.20 Å². The number of amides is 2. The molecule has 0 aliphatic carbocycles. The molecule has 38 heavy (non-hydrogen) atoms. The minimum atomic E-state index is -0.0822. The van der Waals surface area contributed by atoms with Crippen molar-refractivity contribution in [3.63, 3.8) is 0 Å². The quantitative estimate of drug-likeness (QED) is 0.247. The molecule has 194 valence electrons. The van der Waals surface area contributed by atoms with Crippen LogP contribution in [0.15, 0.2) is 103 Å². The second-order valence-corrected chi connectivity index (χ2v) is 9.65. The highest BCUT2D eigenvalue weighted by molar-refractivity contribution is 5.95. The predicted molar refractivity (Wildman–Crippen MR) is 152 cm³/mol. The summed E-state index contributed by atoms with van der Waals surface area (Å²) in [5.74, 6) is -0.125. The summed E-state index contributed by atoms with van der Waals surface area (Å²) in [6.45, 7) is 2.64. The first-order valence-electron chi connectivity index (χ1n) is 13.3. The molecule has 1 atom stereocenters. The van der Waals surface area contributed by atoms with Crippen LogP contribution in [0.5, 0.6) is 0 Å². The third kappa shape index (κ3) is 8.41. The Labute approximate surface area is 225 Å². The van der Waals surface area contributed by atoms with Gasteiger partial charge in [-0.05, 0) is 85.7 Å². The number of hydrogen-bond acceptors (Lipinski definition) is 3. The maximum absolute atomic E-state index is 12.8. The lowest BCUT2D eigenvalue weighted by Gasteiger charge is -2.14. The average molecular weight is 506 g/mol. The smallest absolute Gasteiger partial charge is 0.251 e. The summed E-state index contributed by atoms with van der Waals surface area (Å²) in [6.07, 6.45) is 5.87. The second-order valence-electron chi connectivity index (χ2n) is 9.65. The van der Waals surface area contributed by atoms with Crippen molar-refractivity contribution in [1.29, 1.82) is 0 Å². The van der Waals surface area contributed by atoms with Crippen LogP contribution in [0.4, 0.5) is 0 Å². The number of pyridine rings is 1. The number of carbonyl (C=O) groups is 2. The maximum atomic E-state index is 12.8. The number of carbonyl (C=O) groups excluding carboxylic acids is 2. The van der Waals surface area contributed by atoms with Crippen LogP contribution in [-0.2, 0) is 25.7 Å². The van der Waals surface area contributed by atoms with Crippen molar-refractivity contribution < 1.29 is 9.59 Å². The maximum Gasteiger partial charge on any atom is 0.251 e. The molecule has 0 aliphatic heterocycles. The summed E-state index contributed by atoms with van der Waals surface area (Å²) >= 11 is 0. The normalized spacial score (nSPS) is 11.5. The van der Waals surface area contributed by atoms with Gasteiger partial charge in [0.2, 0.25) is 0 Å². The zero-order valence-electron chi connectivity index (χ0n) is 21.9. The zero-order chi connectivity index (χ0) is 26.6. The van der Waals surface area contributed by atoms with E-state index < -0.39 is 0 Å². The van der Waals surface area contributed by atoms with Gasteiger partial charge in [-0.2, -0.15) is 0 Å². The van der Waals surface area contributed by atoms with E-state index in [0.717, 1.165) is 42.5 Å². The number of hydrogen-bond donors (Lipinski definition) is 2. The van der Waals surface area contributed by atoms with Crippen LogP contribution >= 0.6 is 0 Å². The van der Waals surface area contributed by atoms with Crippen LogP contribution in [-0.4, -0.2) is 29.4 Å². The number of nitrogens with zero attached hydrogens (tertiary/aromatic N) is 1. The van der Waals surface area contributed by atoms with Gasteiger partial charge in [-0.25, -0.2) is 0 Å². The number of aromatic nitrogens is 1. The molecule has 2 N–H and O–H groups in total. The fourth-order valence-corrected chi connectivity index (χ4v) is 4.46. The van der Waals surface area contributed by atoms with Crippen molar-refractivity contribution in [2.75, 3.05) is 6.54 Å². The molecule has 0 spiro atoms. The molecule has 4 rings (SSSR count). The van der Waals surface area contributed by atoms with Crippen LogP contribution in [0.2, 0.25) is 0 Å². The fourth-order valence-electron chi connectivity index (χ4n) is 4.46. The molecule has 3 aromatic carbocycles. The van der Waals surface area contributed by atoms with Crippen molar-refractivity contribution in [3.05, 3.63) is 137 Å². The van der Waals surface area contributed by atoms with Crippen molar-refractivity contribution in [2.45, 2.75) is 45.1 Å². The Morgan fingerprint density at radius 2 is 1.34 bits per heavy atom. The van der Waals surface area contributed by atoms with Gasteiger partial charge in [0.15, 0.2) is 0 Å². The molecule has 0 radical (unpaired) electrons. The molecule has 1 heterocycles.